The van der Waals surface area contributed by atoms with Crippen LogP contribution in [-0.2, 0) is 6.42 Å². The zero-order chi connectivity index (χ0) is 15.7. The zero-order valence-electron chi connectivity index (χ0n) is 13.9. The van der Waals surface area contributed by atoms with Gasteiger partial charge in [-0.15, -0.1) is 0 Å². The van der Waals surface area contributed by atoms with E-state index in [1.54, 1.807) is 7.11 Å². The molecule has 0 amide bonds. The lowest BCUT2D eigenvalue weighted by molar-refractivity contribution is 0.414. The molecule has 0 fully saturated rings. The molecular formula is C17H29N3O. The first kappa shape index (κ1) is 17.3. The van der Waals surface area contributed by atoms with E-state index in [1.807, 2.05) is 12.1 Å². The highest BCUT2D eigenvalue weighted by Gasteiger charge is 2.08. The molecule has 0 aliphatic carbocycles. The topological polar surface area (TPSA) is 45.7 Å². The van der Waals surface area contributed by atoms with Gasteiger partial charge in [-0.1, -0.05) is 26.0 Å². The van der Waals surface area contributed by atoms with E-state index in [1.165, 1.54) is 5.56 Å². The van der Waals surface area contributed by atoms with Gasteiger partial charge in [0.15, 0.2) is 5.96 Å². The highest BCUT2D eigenvalue weighted by atomic mass is 16.5. The molecule has 0 bridgehead atoms. The van der Waals surface area contributed by atoms with Crippen molar-refractivity contribution >= 4 is 5.96 Å². The number of nitrogens with zero attached hydrogens (tertiary/aromatic N) is 1. The van der Waals surface area contributed by atoms with Crippen molar-refractivity contribution in [3.63, 3.8) is 0 Å². The Kier molecular flexibility index (Phi) is 7.65. The van der Waals surface area contributed by atoms with Crippen LogP contribution >= 0.6 is 0 Å². The van der Waals surface area contributed by atoms with Crippen LogP contribution in [0.2, 0.25) is 0 Å². The molecule has 4 heteroatoms. The Morgan fingerprint density at radius 2 is 2.05 bits per heavy atom. The van der Waals surface area contributed by atoms with Crippen molar-refractivity contribution < 1.29 is 4.74 Å². The van der Waals surface area contributed by atoms with Crippen molar-refractivity contribution in [1.82, 2.24) is 10.6 Å². The van der Waals surface area contributed by atoms with Gasteiger partial charge in [-0.2, -0.15) is 0 Å². The zero-order valence-corrected chi connectivity index (χ0v) is 13.9. The number of nitrogens with one attached hydrogen (secondary N) is 2. The van der Waals surface area contributed by atoms with E-state index < -0.39 is 0 Å². The molecule has 0 spiro atoms. The average Bonchev–Trinajstić information content (AvgIpc) is 2.47. The highest BCUT2D eigenvalue weighted by Crippen LogP contribution is 2.12. The number of methoxy groups -OCH3 is 1. The lowest BCUT2D eigenvalue weighted by atomic mass is 10.1. The second-order valence-electron chi connectivity index (χ2n) is 5.54. The van der Waals surface area contributed by atoms with Gasteiger partial charge in [0, 0.05) is 19.1 Å². The molecule has 2 N–H and O–H groups in total. The van der Waals surface area contributed by atoms with Gasteiger partial charge in [0.1, 0.15) is 5.75 Å². The molecule has 4 nitrogen and oxygen atoms in total. The van der Waals surface area contributed by atoms with Crippen molar-refractivity contribution in [3.8, 4) is 5.75 Å². The molecule has 118 valence electrons. The molecule has 1 unspecified atom stereocenters. The van der Waals surface area contributed by atoms with Crippen LogP contribution in [0, 0.1) is 5.92 Å². The monoisotopic (exact) mass is 291 g/mol. The summed E-state index contributed by atoms with van der Waals surface area (Å²) in [6.45, 7) is 10.3. The normalized spacial score (nSPS) is 13.1. The van der Waals surface area contributed by atoms with Gasteiger partial charge in [0.05, 0.1) is 7.11 Å². The summed E-state index contributed by atoms with van der Waals surface area (Å²) < 4.78 is 5.24. The van der Waals surface area contributed by atoms with Crippen LogP contribution in [0.15, 0.2) is 29.3 Å². The summed E-state index contributed by atoms with van der Waals surface area (Å²) in [6, 6.07) is 8.55. The fourth-order valence-corrected chi connectivity index (χ4v) is 1.83. The van der Waals surface area contributed by atoms with Crippen LogP contribution in [0.25, 0.3) is 0 Å². The van der Waals surface area contributed by atoms with Gasteiger partial charge < -0.3 is 15.4 Å². The van der Waals surface area contributed by atoms with E-state index in [4.69, 9.17) is 4.74 Å². The largest absolute Gasteiger partial charge is 0.497 e. The van der Waals surface area contributed by atoms with Gasteiger partial charge in [0.2, 0.25) is 0 Å². The maximum absolute atomic E-state index is 5.24. The molecule has 0 radical (unpaired) electrons. The second-order valence-corrected chi connectivity index (χ2v) is 5.54. The summed E-state index contributed by atoms with van der Waals surface area (Å²) >= 11 is 0. The molecule has 0 aliphatic heterocycles. The van der Waals surface area contributed by atoms with E-state index in [9.17, 15) is 0 Å². The molecule has 0 heterocycles. The lowest BCUT2D eigenvalue weighted by Crippen LogP contribution is -2.44. The quantitative estimate of drug-likeness (QED) is 0.600. The maximum atomic E-state index is 5.24. The Morgan fingerprint density at radius 3 is 2.67 bits per heavy atom. The average molecular weight is 291 g/mol. The van der Waals surface area contributed by atoms with Crippen molar-refractivity contribution in [2.75, 3.05) is 20.2 Å². The summed E-state index contributed by atoms with van der Waals surface area (Å²) in [6.07, 6.45) is 0.907. The summed E-state index contributed by atoms with van der Waals surface area (Å²) in [7, 11) is 1.69. The van der Waals surface area contributed by atoms with Gasteiger partial charge >= 0.3 is 0 Å². The summed E-state index contributed by atoms with van der Waals surface area (Å²) in [5.41, 5.74) is 1.24. The van der Waals surface area contributed by atoms with Crippen LogP contribution in [0.3, 0.4) is 0 Å². The van der Waals surface area contributed by atoms with Crippen LogP contribution in [0.4, 0.5) is 0 Å². The van der Waals surface area contributed by atoms with Gasteiger partial charge in [-0.05, 0) is 43.9 Å². The molecule has 0 aliphatic rings. The number of hydrogen-bond donors (Lipinski definition) is 2. The molecule has 0 saturated carbocycles. The lowest BCUT2D eigenvalue weighted by Gasteiger charge is -2.20. The second kappa shape index (κ2) is 9.27. The minimum atomic E-state index is 0.402. The van der Waals surface area contributed by atoms with Crippen molar-refractivity contribution in [3.05, 3.63) is 29.8 Å². The summed E-state index contributed by atoms with van der Waals surface area (Å²) in [5.74, 6) is 2.36. The third kappa shape index (κ3) is 6.52. The van der Waals surface area contributed by atoms with E-state index in [2.05, 4.69) is 55.5 Å². The molecule has 0 aromatic heterocycles. The number of ether oxygens (including phenoxy) is 1. The van der Waals surface area contributed by atoms with Crippen LogP contribution in [-0.4, -0.2) is 32.2 Å². The minimum absolute atomic E-state index is 0.402. The Balaban J connectivity index is 2.57. The molecule has 1 rings (SSSR count). The predicted molar refractivity (Wildman–Crippen MR) is 90.1 cm³/mol. The summed E-state index contributed by atoms with van der Waals surface area (Å²) in [5, 5.41) is 6.73. The fourth-order valence-electron chi connectivity index (χ4n) is 1.83. The Hall–Kier alpha value is -1.71. The molecular weight excluding hydrogens is 262 g/mol. The van der Waals surface area contributed by atoms with Crippen LogP contribution in [0.5, 0.6) is 5.75 Å². The Bertz CT molecular complexity index is 443. The van der Waals surface area contributed by atoms with Crippen LogP contribution < -0.4 is 15.4 Å². The first-order valence-electron chi connectivity index (χ1n) is 7.74. The number of hydrogen-bond acceptors (Lipinski definition) is 2. The standard InChI is InChI=1S/C17H29N3O/c1-6-18-17(20-14(4)13(2)3)19-11-10-15-8-7-9-16(12-15)21-5/h7-9,12-14H,6,10-11H2,1-5H3,(H2,18,19,20). The molecule has 1 aromatic carbocycles. The molecule has 1 aromatic rings. The first-order chi connectivity index (χ1) is 10.1. The number of rotatable bonds is 7. The van der Waals surface area contributed by atoms with Crippen molar-refractivity contribution in [2.45, 2.75) is 40.2 Å². The van der Waals surface area contributed by atoms with E-state index in [0.29, 0.717) is 12.0 Å². The Labute approximate surface area is 129 Å². The van der Waals surface area contributed by atoms with Gasteiger partial charge in [-0.3, -0.25) is 4.99 Å². The van der Waals surface area contributed by atoms with Gasteiger partial charge in [-0.25, -0.2) is 0 Å². The van der Waals surface area contributed by atoms with Crippen molar-refractivity contribution in [1.29, 1.82) is 0 Å². The van der Waals surface area contributed by atoms with Crippen LogP contribution in [0.1, 0.15) is 33.3 Å². The first-order valence-corrected chi connectivity index (χ1v) is 7.74. The SMILES string of the molecule is CCNC(=NCCc1cccc(OC)c1)NC(C)C(C)C. The number of benzene rings is 1. The third-order valence-electron chi connectivity index (χ3n) is 3.51. The number of aliphatic imine (C=N–C) groups is 1. The van der Waals surface area contributed by atoms with E-state index >= 15 is 0 Å². The molecule has 1 atom stereocenters. The van der Waals surface area contributed by atoms with E-state index in [0.717, 1.165) is 31.2 Å². The molecule has 0 saturated heterocycles. The highest BCUT2D eigenvalue weighted by molar-refractivity contribution is 5.80. The van der Waals surface area contributed by atoms with Gasteiger partial charge in [0.25, 0.3) is 0 Å². The molecule has 21 heavy (non-hydrogen) atoms. The number of guanidine groups is 1. The smallest absolute Gasteiger partial charge is 0.191 e. The van der Waals surface area contributed by atoms with Crippen molar-refractivity contribution in [2.24, 2.45) is 10.9 Å². The summed E-state index contributed by atoms with van der Waals surface area (Å²) in [4.78, 5) is 4.64. The maximum Gasteiger partial charge on any atom is 0.191 e. The third-order valence-corrected chi connectivity index (χ3v) is 3.51. The minimum Gasteiger partial charge on any atom is -0.497 e. The fraction of sp³-hybridized carbons (Fsp3) is 0.588. The van der Waals surface area contributed by atoms with E-state index in [-0.39, 0.29) is 0 Å². The Morgan fingerprint density at radius 1 is 1.29 bits per heavy atom. The predicted octanol–water partition coefficient (Wildman–Crippen LogP) is 2.84.